The fourth-order valence-corrected chi connectivity index (χ4v) is 1.07. The van der Waals surface area contributed by atoms with Crippen molar-refractivity contribution in [1.29, 1.82) is 0 Å². The van der Waals surface area contributed by atoms with Gasteiger partial charge in [0.2, 0.25) is 0 Å². The van der Waals surface area contributed by atoms with E-state index in [4.69, 9.17) is 11.5 Å². The Hall–Kier alpha value is 0.820. The Bertz CT molecular complexity index is 173. The van der Waals surface area contributed by atoms with Crippen LogP contribution >= 0.6 is 8.25 Å². The maximum absolute atomic E-state index is 10.9. The molecule has 0 aromatic heterocycles. The number of rotatable bonds is 11. The monoisotopic (exact) mass is 264 g/mol. The summed E-state index contributed by atoms with van der Waals surface area (Å²) in [6.45, 7) is 3.34. The Labute approximate surface area is 120 Å². The van der Waals surface area contributed by atoms with Crippen molar-refractivity contribution in [3.63, 3.8) is 0 Å². The van der Waals surface area contributed by atoms with Gasteiger partial charge in [-0.3, -0.25) is 0 Å². The van der Waals surface area contributed by atoms with Gasteiger partial charge in [-0.25, -0.2) is 0 Å². The molecule has 7 N–H and O–H groups in total. The summed E-state index contributed by atoms with van der Waals surface area (Å²) in [4.78, 5) is 0. The zero-order valence-electron chi connectivity index (χ0n) is 10.6. The molecule has 8 nitrogen and oxygen atoms in total. The minimum absolute atomic E-state index is 0. The van der Waals surface area contributed by atoms with Gasteiger partial charge in [0.25, 0.3) is 0 Å². The average molecular weight is 264 g/mol. The minimum Gasteiger partial charge on any atom is -1.00 e. The largest absolute Gasteiger partial charge is 1.00 e. The molecule has 0 heterocycles. The van der Waals surface area contributed by atoms with E-state index in [1.165, 1.54) is 0 Å². The van der Waals surface area contributed by atoms with Crippen molar-refractivity contribution < 1.29 is 44.8 Å². The van der Waals surface area contributed by atoms with Crippen molar-refractivity contribution in [3.05, 3.63) is 0 Å². The summed E-state index contributed by atoms with van der Waals surface area (Å²) in [5.41, 5.74) is 15.3. The Morgan fingerprint density at radius 1 is 1.00 bits per heavy atom. The normalized spacial score (nSPS) is 11.0. The van der Waals surface area contributed by atoms with Crippen LogP contribution in [0.1, 0.15) is 1.43 Å². The van der Waals surface area contributed by atoms with Crippen LogP contribution in [0.2, 0.25) is 0 Å². The second-order valence-electron chi connectivity index (χ2n) is 2.52. The van der Waals surface area contributed by atoms with Gasteiger partial charge in [-0.15, -0.1) is 11.0 Å². The predicted octanol–water partition coefficient (Wildman–Crippen LogP) is -4.69. The van der Waals surface area contributed by atoms with Gasteiger partial charge in [-0.1, -0.05) is 0 Å². The van der Waals surface area contributed by atoms with Gasteiger partial charge in [0, 0.05) is 43.8 Å². The van der Waals surface area contributed by atoms with Gasteiger partial charge in [0.15, 0.2) is 0 Å². The van der Waals surface area contributed by atoms with Crippen molar-refractivity contribution in [2.45, 2.75) is 0 Å². The predicted molar refractivity (Wildman–Crippen MR) is 57.9 cm³/mol. The van der Waals surface area contributed by atoms with E-state index in [1.807, 2.05) is 0 Å². The molecule has 0 aliphatic rings. The fraction of sp³-hybridized carbons (Fsp3) is 1.00. The standard InChI is InChI=1S/C6H19N5O3P.Na.H/c7-1-3-9-5-6-11-14-15(12)13-10-4-2-8;;/h9-11H,1-8H2;;/q2*+1;-1. The third-order valence-electron chi connectivity index (χ3n) is 1.25. The zero-order chi connectivity index (χ0) is 11.4. The summed E-state index contributed by atoms with van der Waals surface area (Å²) in [7, 11) is -2.20. The molecule has 0 amide bonds. The van der Waals surface area contributed by atoms with E-state index in [0.717, 1.165) is 6.54 Å². The molecule has 0 saturated heterocycles. The van der Waals surface area contributed by atoms with Crippen molar-refractivity contribution >= 4 is 8.25 Å². The van der Waals surface area contributed by atoms with E-state index < -0.39 is 8.25 Å². The van der Waals surface area contributed by atoms with Crippen molar-refractivity contribution in [3.8, 4) is 0 Å². The third-order valence-corrected chi connectivity index (χ3v) is 1.81. The maximum Gasteiger partial charge on any atom is 1.00 e. The molecule has 0 spiro atoms. The number of nitrogens with two attached hydrogens (primary N) is 2. The van der Waals surface area contributed by atoms with Crippen molar-refractivity contribution in [2.75, 3.05) is 39.3 Å². The summed E-state index contributed by atoms with van der Waals surface area (Å²) in [5, 5.41) is 3.03. The van der Waals surface area contributed by atoms with E-state index in [1.54, 1.807) is 0 Å². The maximum atomic E-state index is 10.9. The first kappa shape index (κ1) is 19.2. The summed E-state index contributed by atoms with van der Waals surface area (Å²) in [6, 6.07) is 0. The first-order chi connectivity index (χ1) is 7.31. The van der Waals surface area contributed by atoms with Crippen molar-refractivity contribution in [1.82, 2.24) is 16.3 Å². The van der Waals surface area contributed by atoms with Gasteiger partial charge < -0.3 is 18.2 Å². The Morgan fingerprint density at radius 2 is 1.56 bits per heavy atom. The molecule has 0 aliphatic heterocycles. The molecule has 1 atom stereocenters. The molecule has 0 fully saturated rings. The van der Waals surface area contributed by atoms with Crippen LogP contribution in [-0.2, 0) is 13.8 Å². The number of hydroxylamine groups is 2. The summed E-state index contributed by atoms with van der Waals surface area (Å²) in [6.07, 6.45) is 0. The van der Waals surface area contributed by atoms with Crippen LogP contribution < -0.4 is 57.3 Å². The average Bonchev–Trinajstić information content (AvgIpc) is 2.23. The number of hydrogen-bond donors (Lipinski definition) is 5. The molecule has 0 saturated carbocycles. The van der Waals surface area contributed by atoms with E-state index in [2.05, 4.69) is 25.5 Å². The number of hydrogen-bond acceptors (Lipinski definition) is 8. The van der Waals surface area contributed by atoms with Gasteiger partial charge in [-0.2, -0.15) is 0 Å². The van der Waals surface area contributed by atoms with Crippen LogP contribution in [-0.4, -0.2) is 39.3 Å². The third kappa shape index (κ3) is 14.8. The van der Waals surface area contributed by atoms with Crippen LogP contribution in [0.25, 0.3) is 0 Å². The molecule has 1 unspecified atom stereocenters. The van der Waals surface area contributed by atoms with Crippen LogP contribution in [0.3, 0.4) is 0 Å². The zero-order valence-corrected chi connectivity index (χ0v) is 12.5. The molecule has 16 heavy (non-hydrogen) atoms. The van der Waals surface area contributed by atoms with Crippen LogP contribution in [0, 0.1) is 0 Å². The quantitative estimate of drug-likeness (QED) is 0.109. The Morgan fingerprint density at radius 3 is 2.12 bits per heavy atom. The molecular weight excluding hydrogens is 244 g/mol. The van der Waals surface area contributed by atoms with Gasteiger partial charge in [-0.05, 0) is 9.25 Å². The van der Waals surface area contributed by atoms with E-state index in [-0.39, 0.29) is 31.0 Å². The molecule has 0 aromatic rings. The van der Waals surface area contributed by atoms with Gasteiger partial charge in [0.05, 0.1) is 0 Å². The number of nitrogens with one attached hydrogen (secondary N) is 3. The summed E-state index contributed by atoms with van der Waals surface area (Å²) < 4.78 is 20.1. The van der Waals surface area contributed by atoms with Gasteiger partial charge in [0.1, 0.15) is 0 Å². The van der Waals surface area contributed by atoms with Gasteiger partial charge >= 0.3 is 37.8 Å². The topological polar surface area (TPSA) is 124 Å². The fourth-order valence-electron chi connectivity index (χ4n) is 0.641. The molecule has 0 aromatic carbocycles. The second kappa shape index (κ2) is 15.8. The van der Waals surface area contributed by atoms with Crippen molar-refractivity contribution in [2.24, 2.45) is 11.5 Å². The first-order valence-corrected chi connectivity index (χ1v) is 5.78. The molecule has 0 bridgehead atoms. The molecule has 10 heteroatoms. The minimum atomic E-state index is -2.20. The molecule has 0 radical (unpaired) electrons. The molecule has 0 rings (SSSR count). The molecular formula is C6H20N5NaO3P+. The molecule has 92 valence electrons. The van der Waals surface area contributed by atoms with Crippen LogP contribution in [0.5, 0.6) is 0 Å². The van der Waals surface area contributed by atoms with E-state index in [9.17, 15) is 4.57 Å². The summed E-state index contributed by atoms with van der Waals surface area (Å²) >= 11 is 0. The van der Waals surface area contributed by atoms with Crippen LogP contribution in [0.15, 0.2) is 0 Å². The Balaban J connectivity index is -0.000000980. The summed E-state index contributed by atoms with van der Waals surface area (Å²) in [5.74, 6) is 0. The second-order valence-corrected chi connectivity index (χ2v) is 3.33. The Kier molecular flexibility index (Phi) is 19.0. The van der Waals surface area contributed by atoms with E-state index in [0.29, 0.717) is 32.7 Å². The van der Waals surface area contributed by atoms with E-state index >= 15 is 0 Å². The smallest absolute Gasteiger partial charge is 1.00 e. The molecule has 0 aliphatic carbocycles. The SMILES string of the molecule is NCCNCCNO[P+](=O)ONCCN.[H-].[Na+]. The first-order valence-electron chi connectivity index (χ1n) is 4.69. The van der Waals surface area contributed by atoms with Crippen LogP contribution in [0.4, 0.5) is 0 Å².